The SMILES string of the molecule is CC1COC(C2CCC(C#Cc3ccc(C4CCC(C(F)(F)Oc5cc(F)c(F)c(F)c5)CC4)cc3)CC2)OC1. The van der Waals surface area contributed by atoms with Crippen molar-refractivity contribution in [1.82, 2.24) is 0 Å². The number of hydrogen-bond acceptors (Lipinski definition) is 3. The lowest BCUT2D eigenvalue weighted by molar-refractivity contribution is -0.226. The van der Waals surface area contributed by atoms with Gasteiger partial charge in [-0.05, 0) is 75.0 Å². The lowest BCUT2D eigenvalue weighted by Crippen LogP contribution is -2.37. The Morgan fingerprint density at radius 3 is 2.02 bits per heavy atom. The molecule has 0 aromatic heterocycles. The zero-order chi connectivity index (χ0) is 28.3. The molecule has 2 aliphatic carbocycles. The highest BCUT2D eigenvalue weighted by Crippen LogP contribution is 2.43. The van der Waals surface area contributed by atoms with Gasteiger partial charge in [-0.15, -0.1) is 0 Å². The molecule has 0 atom stereocenters. The normalized spacial score (nSPS) is 29.4. The zero-order valence-corrected chi connectivity index (χ0v) is 22.6. The Bertz CT molecular complexity index is 1170. The maximum Gasteiger partial charge on any atom is 0.400 e. The van der Waals surface area contributed by atoms with Crippen LogP contribution in [0.4, 0.5) is 22.0 Å². The Morgan fingerprint density at radius 1 is 0.825 bits per heavy atom. The molecule has 216 valence electrons. The first kappa shape index (κ1) is 28.9. The first-order chi connectivity index (χ1) is 19.2. The van der Waals surface area contributed by atoms with Gasteiger partial charge in [0.1, 0.15) is 5.75 Å². The molecule has 0 amide bonds. The van der Waals surface area contributed by atoms with Gasteiger partial charge in [-0.2, -0.15) is 8.78 Å². The molecule has 1 saturated heterocycles. The molecule has 1 aliphatic heterocycles. The number of ether oxygens (including phenoxy) is 3. The molecule has 40 heavy (non-hydrogen) atoms. The highest BCUT2D eigenvalue weighted by atomic mass is 19.3. The lowest BCUT2D eigenvalue weighted by Gasteiger charge is -2.36. The Balaban J connectivity index is 1.09. The Kier molecular flexibility index (Phi) is 9.01. The third-order valence-electron chi connectivity index (χ3n) is 8.46. The van der Waals surface area contributed by atoms with Gasteiger partial charge in [0.2, 0.25) is 0 Å². The van der Waals surface area contributed by atoms with Crippen molar-refractivity contribution in [3.63, 3.8) is 0 Å². The summed E-state index contributed by atoms with van der Waals surface area (Å²) in [5.41, 5.74) is 2.02. The summed E-state index contributed by atoms with van der Waals surface area (Å²) in [4.78, 5) is 0. The van der Waals surface area contributed by atoms with Gasteiger partial charge in [0.25, 0.3) is 0 Å². The minimum Gasteiger partial charge on any atom is -0.432 e. The van der Waals surface area contributed by atoms with Crippen LogP contribution in [-0.4, -0.2) is 25.6 Å². The molecule has 2 aromatic carbocycles. The Hall–Kier alpha value is -2.63. The monoisotopic (exact) mass is 562 g/mol. The van der Waals surface area contributed by atoms with Crippen molar-refractivity contribution in [2.24, 2.45) is 23.7 Å². The van der Waals surface area contributed by atoms with Gasteiger partial charge in [-0.3, -0.25) is 0 Å². The van der Waals surface area contributed by atoms with Crippen LogP contribution in [0.15, 0.2) is 36.4 Å². The fourth-order valence-electron chi connectivity index (χ4n) is 6.04. The van der Waals surface area contributed by atoms with E-state index in [0.29, 0.717) is 42.7 Å². The first-order valence-electron chi connectivity index (χ1n) is 14.2. The quantitative estimate of drug-likeness (QED) is 0.209. The standard InChI is InChI=1S/C32H35F5O3/c1-20-18-38-31(39-19-20)25-10-6-22(7-11-25)3-2-21-4-8-23(9-5-21)24-12-14-26(15-13-24)32(36,37)40-27-16-28(33)30(35)29(34)17-27/h4-5,8-9,16-17,20,22,24-26,31H,6-7,10-15,18-19H2,1H3. The number of alkyl halides is 2. The van der Waals surface area contributed by atoms with E-state index in [-0.39, 0.29) is 25.0 Å². The second-order valence-corrected chi connectivity index (χ2v) is 11.6. The van der Waals surface area contributed by atoms with E-state index in [2.05, 4.69) is 23.5 Å². The van der Waals surface area contributed by atoms with Crippen LogP contribution >= 0.6 is 0 Å². The van der Waals surface area contributed by atoms with E-state index in [0.717, 1.165) is 50.0 Å². The molecule has 0 unspecified atom stereocenters. The first-order valence-corrected chi connectivity index (χ1v) is 14.2. The molecule has 0 N–H and O–H groups in total. The van der Waals surface area contributed by atoms with E-state index in [9.17, 15) is 22.0 Å². The molecule has 1 heterocycles. The summed E-state index contributed by atoms with van der Waals surface area (Å²) in [6.07, 6.45) is 1.98. The second kappa shape index (κ2) is 12.5. The highest BCUT2D eigenvalue weighted by Gasteiger charge is 2.44. The van der Waals surface area contributed by atoms with Crippen molar-refractivity contribution >= 4 is 0 Å². The van der Waals surface area contributed by atoms with Gasteiger partial charge in [0, 0.05) is 35.4 Å². The average Bonchev–Trinajstić information content (AvgIpc) is 2.96. The fraction of sp³-hybridized carbons (Fsp3) is 0.562. The molecule has 3 nitrogen and oxygen atoms in total. The van der Waals surface area contributed by atoms with E-state index >= 15 is 0 Å². The topological polar surface area (TPSA) is 27.7 Å². The molecule has 2 aromatic rings. The van der Waals surface area contributed by atoms with E-state index in [4.69, 9.17) is 9.47 Å². The molecule has 3 fully saturated rings. The van der Waals surface area contributed by atoms with E-state index < -0.39 is 35.2 Å². The molecule has 5 rings (SSSR count). The largest absolute Gasteiger partial charge is 0.432 e. The van der Waals surface area contributed by atoms with E-state index in [1.165, 1.54) is 0 Å². The van der Waals surface area contributed by atoms with Gasteiger partial charge < -0.3 is 14.2 Å². The van der Waals surface area contributed by atoms with Crippen molar-refractivity contribution in [3.8, 4) is 17.6 Å². The van der Waals surface area contributed by atoms with Crippen LogP contribution < -0.4 is 4.74 Å². The molecule has 0 bridgehead atoms. The third-order valence-corrected chi connectivity index (χ3v) is 8.46. The fourth-order valence-corrected chi connectivity index (χ4v) is 6.04. The number of hydrogen-bond donors (Lipinski definition) is 0. The molecule has 0 spiro atoms. The van der Waals surface area contributed by atoms with Gasteiger partial charge in [0.05, 0.1) is 19.1 Å². The summed E-state index contributed by atoms with van der Waals surface area (Å²) in [7, 11) is 0. The van der Waals surface area contributed by atoms with Crippen LogP contribution in [0, 0.1) is 53.0 Å². The molecule has 3 aliphatic rings. The summed E-state index contributed by atoms with van der Waals surface area (Å²) in [6, 6.07) is 8.89. The van der Waals surface area contributed by atoms with Crippen LogP contribution in [0.5, 0.6) is 5.75 Å². The van der Waals surface area contributed by atoms with Crippen LogP contribution in [0.1, 0.15) is 75.3 Å². The maximum absolute atomic E-state index is 14.7. The third kappa shape index (κ3) is 6.98. The van der Waals surface area contributed by atoms with Gasteiger partial charge in [0.15, 0.2) is 23.7 Å². The van der Waals surface area contributed by atoms with Crippen molar-refractivity contribution < 1.29 is 36.2 Å². The summed E-state index contributed by atoms with van der Waals surface area (Å²) >= 11 is 0. The Morgan fingerprint density at radius 2 is 1.43 bits per heavy atom. The van der Waals surface area contributed by atoms with Crippen LogP contribution in [0.25, 0.3) is 0 Å². The number of halogens is 5. The maximum atomic E-state index is 14.7. The van der Waals surface area contributed by atoms with Crippen molar-refractivity contribution in [2.45, 2.75) is 76.6 Å². The molecular weight excluding hydrogens is 527 g/mol. The summed E-state index contributed by atoms with van der Waals surface area (Å²) in [5, 5.41) is 0. The van der Waals surface area contributed by atoms with Crippen LogP contribution in [-0.2, 0) is 9.47 Å². The van der Waals surface area contributed by atoms with Crippen molar-refractivity contribution in [1.29, 1.82) is 0 Å². The molecule has 2 saturated carbocycles. The lowest BCUT2D eigenvalue weighted by atomic mass is 9.78. The minimum absolute atomic E-state index is 0.0737. The molecular formula is C32H35F5O3. The predicted molar refractivity (Wildman–Crippen MR) is 140 cm³/mol. The Labute approximate surface area is 232 Å². The van der Waals surface area contributed by atoms with Crippen LogP contribution in [0.2, 0.25) is 0 Å². The molecule has 0 radical (unpaired) electrons. The van der Waals surface area contributed by atoms with E-state index in [1.807, 2.05) is 24.3 Å². The summed E-state index contributed by atoms with van der Waals surface area (Å²) in [6.45, 7) is 3.67. The van der Waals surface area contributed by atoms with Gasteiger partial charge in [-0.25, -0.2) is 13.2 Å². The average molecular weight is 563 g/mol. The van der Waals surface area contributed by atoms with Crippen molar-refractivity contribution in [3.05, 3.63) is 65.0 Å². The predicted octanol–water partition coefficient (Wildman–Crippen LogP) is 8.22. The smallest absolute Gasteiger partial charge is 0.400 e. The second-order valence-electron chi connectivity index (χ2n) is 11.6. The van der Waals surface area contributed by atoms with Gasteiger partial charge >= 0.3 is 6.11 Å². The van der Waals surface area contributed by atoms with Gasteiger partial charge in [-0.1, -0.05) is 30.9 Å². The summed E-state index contributed by atoms with van der Waals surface area (Å²) in [5.74, 6) is 1.45. The number of rotatable bonds is 5. The number of benzene rings is 2. The van der Waals surface area contributed by atoms with Crippen LogP contribution in [0.3, 0.4) is 0 Å². The zero-order valence-electron chi connectivity index (χ0n) is 22.6. The molecule has 8 heteroatoms. The van der Waals surface area contributed by atoms with E-state index in [1.54, 1.807) is 0 Å². The highest BCUT2D eigenvalue weighted by molar-refractivity contribution is 5.37. The minimum atomic E-state index is -3.62. The van der Waals surface area contributed by atoms with Crippen molar-refractivity contribution in [2.75, 3.05) is 13.2 Å². The summed E-state index contributed by atoms with van der Waals surface area (Å²) < 4.78 is 85.7.